The van der Waals surface area contributed by atoms with E-state index in [9.17, 15) is 10.1 Å². The molecule has 2 atom stereocenters. The Morgan fingerprint density at radius 3 is 2.73 bits per heavy atom. The van der Waals surface area contributed by atoms with Crippen molar-refractivity contribution >= 4 is 66.9 Å². The summed E-state index contributed by atoms with van der Waals surface area (Å²) in [5, 5.41) is 18.2. The molecule has 1 fully saturated rings. The first kappa shape index (κ1) is 21.4. The molecule has 2 N–H and O–H groups in total. The zero-order valence-corrected chi connectivity index (χ0v) is 18.4. The van der Waals surface area contributed by atoms with Gasteiger partial charge in [0.05, 0.1) is 22.6 Å². The molecule has 1 aromatic heterocycles. The summed E-state index contributed by atoms with van der Waals surface area (Å²) in [6.07, 6.45) is 0.0221. The van der Waals surface area contributed by atoms with E-state index >= 15 is 0 Å². The predicted molar refractivity (Wildman–Crippen MR) is 110 cm³/mol. The van der Waals surface area contributed by atoms with Gasteiger partial charge in [-0.2, -0.15) is 0 Å². The van der Waals surface area contributed by atoms with Gasteiger partial charge in [0.1, 0.15) is 4.47 Å². The quantitative estimate of drug-likeness (QED) is 0.466. The van der Waals surface area contributed by atoms with Crippen LogP contribution in [0.2, 0.25) is 0 Å². The molecule has 0 saturated carbocycles. The molecule has 0 spiro atoms. The monoisotopic (exact) mass is 511 g/mol. The van der Waals surface area contributed by atoms with Crippen molar-refractivity contribution in [2.24, 2.45) is 0 Å². The molecule has 2 aromatic rings. The van der Waals surface area contributed by atoms with Crippen LogP contribution >= 0.6 is 44.3 Å². The smallest absolute Gasteiger partial charge is 0.312 e. The number of hydrogen-bond donors (Lipinski definition) is 2. The maximum Gasteiger partial charge on any atom is 0.312 e. The highest BCUT2D eigenvalue weighted by Gasteiger charge is 2.31. The third kappa shape index (κ3) is 3.70. The number of imidazole rings is 1. The number of hydrogen-bond acceptors (Lipinski definition) is 6. The Morgan fingerprint density at radius 1 is 1.46 bits per heavy atom. The summed E-state index contributed by atoms with van der Waals surface area (Å²) >= 11 is 6.69. The normalized spacial score (nSPS) is 19.8. The molecular weight excluding hydrogens is 493 g/mol. The number of benzene rings is 1. The van der Waals surface area contributed by atoms with E-state index in [1.165, 1.54) is 0 Å². The van der Waals surface area contributed by atoms with E-state index in [0.29, 0.717) is 25.9 Å². The SMILES string of the molecule is CO[C@H]1CNC[C@@H]1Nc1nc2c([N+](=O)[O-])c(Br)c(Br)cc2n1C(C)C.Cl. The molecular formula is C15H20Br2ClN5O3. The van der Waals surface area contributed by atoms with E-state index in [4.69, 9.17) is 4.74 Å². The number of halogens is 3. The summed E-state index contributed by atoms with van der Waals surface area (Å²) in [7, 11) is 1.68. The Hall–Kier alpha value is -0.940. The van der Waals surface area contributed by atoms with E-state index in [2.05, 4.69) is 47.5 Å². The molecule has 2 heterocycles. The Morgan fingerprint density at radius 2 is 2.15 bits per heavy atom. The van der Waals surface area contributed by atoms with Crippen LogP contribution in [0.5, 0.6) is 0 Å². The van der Waals surface area contributed by atoms with E-state index in [0.717, 1.165) is 13.1 Å². The summed E-state index contributed by atoms with van der Waals surface area (Å²) in [6, 6.07) is 1.98. The Kier molecular flexibility index (Phi) is 6.89. The summed E-state index contributed by atoms with van der Waals surface area (Å²) in [4.78, 5) is 15.7. The van der Waals surface area contributed by atoms with Crippen LogP contribution in [-0.2, 0) is 4.74 Å². The number of aromatic nitrogens is 2. The number of fused-ring (bicyclic) bond motifs is 1. The van der Waals surface area contributed by atoms with Gasteiger partial charge < -0.3 is 19.9 Å². The minimum atomic E-state index is -0.409. The third-order valence-electron chi connectivity index (χ3n) is 4.33. The van der Waals surface area contributed by atoms with E-state index in [1.54, 1.807) is 7.11 Å². The highest BCUT2D eigenvalue weighted by atomic mass is 79.9. The number of rotatable bonds is 5. The van der Waals surface area contributed by atoms with E-state index in [1.807, 2.05) is 24.5 Å². The number of nitro benzene ring substituents is 1. The lowest BCUT2D eigenvalue weighted by molar-refractivity contribution is -0.384. The molecule has 1 saturated heterocycles. The van der Waals surface area contributed by atoms with Crippen molar-refractivity contribution in [3.05, 3.63) is 25.1 Å². The van der Waals surface area contributed by atoms with Gasteiger partial charge in [0.25, 0.3) is 0 Å². The first-order valence-corrected chi connectivity index (χ1v) is 9.48. The van der Waals surface area contributed by atoms with Gasteiger partial charge in [0, 0.05) is 30.7 Å². The average molecular weight is 514 g/mol. The van der Waals surface area contributed by atoms with Crippen LogP contribution in [0.1, 0.15) is 19.9 Å². The highest BCUT2D eigenvalue weighted by molar-refractivity contribution is 9.13. The van der Waals surface area contributed by atoms with Gasteiger partial charge in [0.15, 0.2) is 5.52 Å². The first-order chi connectivity index (χ1) is 11.8. The summed E-state index contributed by atoms with van der Waals surface area (Å²) in [5.74, 6) is 0.605. The molecule has 11 heteroatoms. The van der Waals surface area contributed by atoms with Crippen LogP contribution in [0, 0.1) is 10.1 Å². The van der Waals surface area contributed by atoms with Crippen molar-refractivity contribution in [2.45, 2.75) is 32.0 Å². The maximum atomic E-state index is 11.6. The fourth-order valence-electron chi connectivity index (χ4n) is 3.16. The van der Waals surface area contributed by atoms with Crippen LogP contribution in [0.4, 0.5) is 11.6 Å². The minimum absolute atomic E-state index is 0. The molecule has 0 amide bonds. The minimum Gasteiger partial charge on any atom is -0.378 e. The first-order valence-electron chi connectivity index (χ1n) is 7.89. The van der Waals surface area contributed by atoms with Gasteiger partial charge in [-0.05, 0) is 51.8 Å². The van der Waals surface area contributed by atoms with Crippen molar-refractivity contribution < 1.29 is 9.66 Å². The maximum absolute atomic E-state index is 11.6. The molecule has 0 bridgehead atoms. The number of methoxy groups -OCH3 is 1. The van der Waals surface area contributed by atoms with Crippen LogP contribution in [-0.4, -0.2) is 46.8 Å². The van der Waals surface area contributed by atoms with Crippen LogP contribution in [0.3, 0.4) is 0 Å². The van der Waals surface area contributed by atoms with Crippen molar-refractivity contribution in [1.82, 2.24) is 14.9 Å². The lowest BCUT2D eigenvalue weighted by atomic mass is 10.2. The molecule has 0 unspecified atom stereocenters. The van der Waals surface area contributed by atoms with Gasteiger partial charge >= 0.3 is 5.69 Å². The van der Waals surface area contributed by atoms with Gasteiger partial charge in [-0.15, -0.1) is 12.4 Å². The average Bonchev–Trinajstić information content (AvgIpc) is 3.12. The van der Waals surface area contributed by atoms with Crippen LogP contribution in [0.15, 0.2) is 15.0 Å². The second-order valence-corrected chi connectivity index (χ2v) is 7.88. The Bertz CT molecular complexity index is 829. The second kappa shape index (κ2) is 8.39. The number of ether oxygens (including phenoxy) is 1. The lowest BCUT2D eigenvalue weighted by Crippen LogP contribution is -2.34. The predicted octanol–water partition coefficient (Wildman–Crippen LogP) is 3.87. The number of nitrogens with zero attached hydrogens (tertiary/aromatic N) is 3. The van der Waals surface area contributed by atoms with E-state index < -0.39 is 4.92 Å². The summed E-state index contributed by atoms with van der Waals surface area (Å²) < 4.78 is 8.48. The molecule has 0 radical (unpaired) electrons. The Labute approximate surface area is 173 Å². The highest BCUT2D eigenvalue weighted by Crippen LogP contribution is 2.41. The molecule has 0 aliphatic carbocycles. The molecule has 1 aliphatic rings. The fourth-order valence-corrected chi connectivity index (χ4v) is 4.01. The second-order valence-electron chi connectivity index (χ2n) is 6.23. The molecule has 1 aliphatic heterocycles. The topological polar surface area (TPSA) is 94.2 Å². The van der Waals surface area contributed by atoms with Crippen molar-refractivity contribution in [2.75, 3.05) is 25.5 Å². The van der Waals surface area contributed by atoms with Crippen molar-refractivity contribution in [3.63, 3.8) is 0 Å². The van der Waals surface area contributed by atoms with Crippen LogP contribution in [0.25, 0.3) is 11.0 Å². The number of nitrogens with one attached hydrogen (secondary N) is 2. The van der Waals surface area contributed by atoms with Crippen molar-refractivity contribution in [3.8, 4) is 0 Å². The van der Waals surface area contributed by atoms with Crippen LogP contribution < -0.4 is 10.6 Å². The molecule has 1 aromatic carbocycles. The standard InChI is InChI=1S/C15H19Br2N5O3.ClH/c1-7(2)21-10-4-8(16)12(17)14(22(23)24)13(10)20-15(21)19-9-5-18-6-11(9)25-3;/h4,7,9,11,18H,5-6H2,1-3H3,(H,19,20);1H/t9-,11-;/m0./s1. The Balaban J connectivity index is 0.00000243. The van der Waals surface area contributed by atoms with Gasteiger partial charge in [-0.3, -0.25) is 10.1 Å². The van der Waals surface area contributed by atoms with E-state index in [-0.39, 0.29) is 36.3 Å². The summed E-state index contributed by atoms with van der Waals surface area (Å²) in [6.45, 7) is 5.55. The van der Waals surface area contributed by atoms with Gasteiger partial charge in [-0.25, -0.2) is 4.98 Å². The fraction of sp³-hybridized carbons (Fsp3) is 0.533. The van der Waals surface area contributed by atoms with Gasteiger partial charge in [0.2, 0.25) is 5.95 Å². The molecule has 144 valence electrons. The summed E-state index contributed by atoms with van der Waals surface area (Å²) in [5.41, 5.74) is 1.02. The third-order valence-corrected chi connectivity index (χ3v) is 6.29. The molecule has 26 heavy (non-hydrogen) atoms. The lowest BCUT2D eigenvalue weighted by Gasteiger charge is -2.21. The number of anilines is 1. The molecule has 8 nitrogen and oxygen atoms in total. The molecule has 3 rings (SSSR count). The van der Waals surface area contributed by atoms with Gasteiger partial charge in [-0.1, -0.05) is 0 Å². The number of nitro groups is 1. The zero-order chi connectivity index (χ0) is 18.3. The zero-order valence-electron chi connectivity index (χ0n) is 14.5. The van der Waals surface area contributed by atoms with Crippen molar-refractivity contribution in [1.29, 1.82) is 0 Å². The largest absolute Gasteiger partial charge is 0.378 e.